The molecule has 6 aromatic heterocycles. The van der Waals surface area contributed by atoms with Crippen molar-refractivity contribution in [2.45, 2.75) is 13.2 Å². The molecule has 334 valence electrons. The SMILES string of the molecule is c1ccc(COc2cc(-c3ccc(-c4cc(-c5ccccn5)nc(-c5ccccn5)c4)cc3)c(OCc3ccccc3)cc2-c2ccc(-c3cc(-c4ccccn4)nc(-c4ccccn4)c3)cc2)cc1. The van der Waals surface area contributed by atoms with Crippen LogP contribution < -0.4 is 9.47 Å². The van der Waals surface area contributed by atoms with Crippen LogP contribution in [0, 0.1) is 0 Å². The summed E-state index contributed by atoms with van der Waals surface area (Å²) in [6.07, 6.45) is 7.15. The fraction of sp³-hybridized carbons (Fsp3) is 0.0323. The smallest absolute Gasteiger partial charge is 0.128 e. The normalized spacial score (nSPS) is 11.0. The van der Waals surface area contributed by atoms with Crippen LogP contribution in [0.3, 0.4) is 0 Å². The molecule has 5 aromatic carbocycles. The van der Waals surface area contributed by atoms with Gasteiger partial charge in [0.1, 0.15) is 24.7 Å². The standard InChI is InChI=1S/C62H44N6O2/c1-3-15-43(16-4-1)41-69-61-39-52(48-29-25-46(26-30-48)50-37-59(55-21-9-13-33-65-55)68-60(38-50)56-22-10-14-34-66-56)62(70-42-44-17-5-2-6-18-44)40-51(61)47-27-23-45(24-28-47)49-35-57(53-19-7-11-31-63-53)67-58(36-49)54-20-8-12-32-64-54/h1-40H,41-42H2. The maximum Gasteiger partial charge on any atom is 0.128 e. The minimum Gasteiger partial charge on any atom is -0.488 e. The minimum atomic E-state index is 0.386. The highest BCUT2D eigenvalue weighted by molar-refractivity contribution is 5.84. The van der Waals surface area contributed by atoms with Crippen molar-refractivity contribution < 1.29 is 9.47 Å². The van der Waals surface area contributed by atoms with Crippen molar-refractivity contribution in [1.29, 1.82) is 0 Å². The number of hydrogen-bond donors (Lipinski definition) is 0. The molecule has 0 bridgehead atoms. The molecule has 8 heteroatoms. The second kappa shape index (κ2) is 20.2. The van der Waals surface area contributed by atoms with Crippen molar-refractivity contribution in [2.75, 3.05) is 0 Å². The van der Waals surface area contributed by atoms with E-state index in [9.17, 15) is 0 Å². The van der Waals surface area contributed by atoms with Gasteiger partial charge in [-0.1, -0.05) is 133 Å². The monoisotopic (exact) mass is 904 g/mol. The molecule has 6 heterocycles. The molecule has 0 N–H and O–H groups in total. The number of pyridine rings is 6. The lowest BCUT2D eigenvalue weighted by molar-refractivity contribution is 0.299. The molecule has 0 saturated heterocycles. The molecule has 0 unspecified atom stereocenters. The van der Waals surface area contributed by atoms with Crippen molar-refractivity contribution in [3.63, 3.8) is 0 Å². The third-order valence-electron chi connectivity index (χ3n) is 12.0. The topological polar surface area (TPSA) is 95.8 Å². The van der Waals surface area contributed by atoms with Crippen LogP contribution in [0.5, 0.6) is 11.5 Å². The second-order valence-electron chi connectivity index (χ2n) is 16.7. The number of hydrogen-bond acceptors (Lipinski definition) is 8. The molecule has 0 aliphatic carbocycles. The quantitative estimate of drug-likeness (QED) is 0.106. The van der Waals surface area contributed by atoms with E-state index >= 15 is 0 Å². The zero-order valence-corrected chi connectivity index (χ0v) is 38.0. The van der Waals surface area contributed by atoms with E-state index in [1.165, 1.54) is 0 Å². The van der Waals surface area contributed by atoms with E-state index in [1.54, 1.807) is 24.8 Å². The van der Waals surface area contributed by atoms with Gasteiger partial charge in [0, 0.05) is 35.9 Å². The molecule has 8 nitrogen and oxygen atoms in total. The Balaban J connectivity index is 0.997. The first-order valence-electron chi connectivity index (χ1n) is 23.1. The van der Waals surface area contributed by atoms with Gasteiger partial charge >= 0.3 is 0 Å². The molecule has 70 heavy (non-hydrogen) atoms. The van der Waals surface area contributed by atoms with Crippen molar-refractivity contribution in [1.82, 2.24) is 29.9 Å². The summed E-state index contributed by atoms with van der Waals surface area (Å²) in [7, 11) is 0. The van der Waals surface area contributed by atoms with Gasteiger partial charge in [0.2, 0.25) is 0 Å². The van der Waals surface area contributed by atoms with E-state index in [-0.39, 0.29) is 0 Å². The second-order valence-corrected chi connectivity index (χ2v) is 16.7. The van der Waals surface area contributed by atoms with Gasteiger partial charge in [-0.05, 0) is 129 Å². The molecule has 0 aliphatic rings. The van der Waals surface area contributed by atoms with Crippen LogP contribution in [0.4, 0.5) is 0 Å². The predicted molar refractivity (Wildman–Crippen MR) is 278 cm³/mol. The average Bonchev–Trinajstić information content (AvgIpc) is 3.45. The molecule has 0 spiro atoms. The Bertz CT molecular complexity index is 3140. The van der Waals surface area contributed by atoms with Gasteiger partial charge in [-0.3, -0.25) is 19.9 Å². The van der Waals surface area contributed by atoms with E-state index in [4.69, 9.17) is 19.4 Å². The average molecular weight is 905 g/mol. The highest BCUT2D eigenvalue weighted by Gasteiger charge is 2.19. The van der Waals surface area contributed by atoms with Crippen LogP contribution in [0.2, 0.25) is 0 Å². The highest BCUT2D eigenvalue weighted by atomic mass is 16.5. The van der Waals surface area contributed by atoms with Crippen LogP contribution in [-0.4, -0.2) is 29.9 Å². The summed E-state index contributed by atoms with van der Waals surface area (Å²) in [5, 5.41) is 0. The fourth-order valence-corrected chi connectivity index (χ4v) is 8.38. The zero-order valence-electron chi connectivity index (χ0n) is 38.0. The first-order valence-corrected chi connectivity index (χ1v) is 23.1. The highest BCUT2D eigenvalue weighted by Crippen LogP contribution is 2.43. The molecule has 0 atom stereocenters. The molecule has 0 fully saturated rings. The first-order chi connectivity index (χ1) is 34.7. The molecular formula is C62H44N6O2. The number of nitrogens with zero attached hydrogens (tertiary/aromatic N) is 6. The summed E-state index contributed by atoms with van der Waals surface area (Å²) in [6.45, 7) is 0.773. The van der Waals surface area contributed by atoms with Gasteiger partial charge < -0.3 is 9.47 Å². The van der Waals surface area contributed by atoms with E-state index < -0.39 is 0 Å². The maximum atomic E-state index is 6.81. The van der Waals surface area contributed by atoms with Crippen LogP contribution in [0.1, 0.15) is 11.1 Å². The number of rotatable bonds is 14. The van der Waals surface area contributed by atoms with Crippen molar-refractivity contribution in [2.24, 2.45) is 0 Å². The van der Waals surface area contributed by atoms with Gasteiger partial charge in [-0.15, -0.1) is 0 Å². The van der Waals surface area contributed by atoms with E-state index in [2.05, 4.69) is 129 Å². The van der Waals surface area contributed by atoms with Gasteiger partial charge in [0.25, 0.3) is 0 Å². The molecule has 11 rings (SSSR count). The van der Waals surface area contributed by atoms with Crippen LogP contribution in [-0.2, 0) is 13.2 Å². The molecule has 0 aliphatic heterocycles. The van der Waals surface area contributed by atoms with Crippen LogP contribution in [0.25, 0.3) is 90.1 Å². The van der Waals surface area contributed by atoms with Crippen molar-refractivity contribution in [3.05, 3.63) is 254 Å². The summed E-state index contributed by atoms with van der Waals surface area (Å²) < 4.78 is 13.6. The Morgan fingerprint density at radius 3 is 0.857 bits per heavy atom. The molecule has 0 amide bonds. The zero-order chi connectivity index (χ0) is 46.9. The lowest BCUT2D eigenvalue weighted by Crippen LogP contribution is -2.01. The third-order valence-corrected chi connectivity index (χ3v) is 12.0. The van der Waals surface area contributed by atoms with E-state index in [0.717, 1.165) is 113 Å². The molecule has 0 radical (unpaired) electrons. The van der Waals surface area contributed by atoms with Gasteiger partial charge in [0.05, 0.1) is 45.6 Å². The van der Waals surface area contributed by atoms with E-state index in [1.807, 2.05) is 109 Å². The molecule has 11 aromatic rings. The van der Waals surface area contributed by atoms with E-state index in [0.29, 0.717) is 13.2 Å². The molecule has 0 saturated carbocycles. The summed E-state index contributed by atoms with van der Waals surface area (Å²) in [4.78, 5) is 28.5. The van der Waals surface area contributed by atoms with Crippen LogP contribution >= 0.6 is 0 Å². The predicted octanol–water partition coefficient (Wildman–Crippen LogP) is 14.6. The number of ether oxygens (including phenoxy) is 2. The summed E-state index contributed by atoms with van der Waals surface area (Å²) >= 11 is 0. The number of benzene rings is 5. The van der Waals surface area contributed by atoms with Gasteiger partial charge in [0.15, 0.2) is 0 Å². The Morgan fingerprint density at radius 1 is 0.257 bits per heavy atom. The third kappa shape index (κ3) is 9.83. The summed E-state index contributed by atoms with van der Waals surface area (Å²) in [5.41, 5.74) is 16.2. The lowest BCUT2D eigenvalue weighted by Gasteiger charge is -2.19. The Morgan fingerprint density at radius 2 is 0.557 bits per heavy atom. The van der Waals surface area contributed by atoms with Gasteiger partial charge in [-0.25, -0.2) is 9.97 Å². The van der Waals surface area contributed by atoms with Crippen LogP contribution in [0.15, 0.2) is 243 Å². The fourth-order valence-electron chi connectivity index (χ4n) is 8.38. The largest absolute Gasteiger partial charge is 0.488 e. The Labute approximate surface area is 406 Å². The Kier molecular flexibility index (Phi) is 12.5. The molecular weight excluding hydrogens is 861 g/mol. The lowest BCUT2D eigenvalue weighted by atomic mass is 9.94. The summed E-state index contributed by atoms with van der Waals surface area (Å²) in [5.74, 6) is 1.46. The number of aromatic nitrogens is 6. The summed E-state index contributed by atoms with van der Waals surface area (Å²) in [6, 6.07) is 73.7. The maximum absolute atomic E-state index is 6.81. The van der Waals surface area contributed by atoms with Crippen molar-refractivity contribution >= 4 is 0 Å². The Hall–Kier alpha value is -9.40. The van der Waals surface area contributed by atoms with Gasteiger partial charge in [-0.2, -0.15) is 0 Å². The van der Waals surface area contributed by atoms with Crippen molar-refractivity contribution in [3.8, 4) is 102 Å². The first kappa shape index (κ1) is 43.2. The minimum absolute atomic E-state index is 0.386.